The van der Waals surface area contributed by atoms with Crippen LogP contribution >= 0.6 is 23.2 Å². The van der Waals surface area contributed by atoms with Crippen LogP contribution in [-0.4, -0.2) is 19.2 Å². The number of nitrogens with one attached hydrogen (secondary N) is 1. The molecule has 7 heteroatoms. The Labute approximate surface area is 178 Å². The highest BCUT2D eigenvalue weighted by atomic mass is 35.5. The van der Waals surface area contributed by atoms with Gasteiger partial charge < -0.3 is 9.47 Å². The molecule has 0 saturated heterocycles. The molecule has 0 fully saturated rings. The van der Waals surface area contributed by atoms with Crippen LogP contribution in [0.25, 0.3) is 0 Å². The molecule has 1 amide bonds. The summed E-state index contributed by atoms with van der Waals surface area (Å²) >= 11 is 12.1. The molecular weight excluding hydrogens is 411 g/mol. The summed E-state index contributed by atoms with van der Waals surface area (Å²) in [6.07, 6.45) is 1.41. The molecule has 3 aromatic carbocycles. The Bertz CT molecular complexity index is 1000. The van der Waals surface area contributed by atoms with E-state index in [1.54, 1.807) is 49.6 Å². The third kappa shape index (κ3) is 5.73. The van der Waals surface area contributed by atoms with E-state index in [0.717, 1.165) is 11.3 Å². The summed E-state index contributed by atoms with van der Waals surface area (Å²) in [5.74, 6) is 1.07. The number of methoxy groups -OCH3 is 1. The van der Waals surface area contributed by atoms with E-state index in [1.165, 1.54) is 6.21 Å². The zero-order valence-electron chi connectivity index (χ0n) is 15.6. The number of rotatable bonds is 7. The molecule has 0 aliphatic carbocycles. The largest absolute Gasteiger partial charge is 0.497 e. The van der Waals surface area contributed by atoms with Gasteiger partial charge in [0.2, 0.25) is 0 Å². The molecule has 0 atom stereocenters. The first kappa shape index (κ1) is 20.7. The zero-order chi connectivity index (χ0) is 20.6. The van der Waals surface area contributed by atoms with Crippen molar-refractivity contribution in [2.75, 3.05) is 7.11 Å². The van der Waals surface area contributed by atoms with Gasteiger partial charge in [0, 0.05) is 11.1 Å². The quantitative estimate of drug-likeness (QED) is 0.407. The van der Waals surface area contributed by atoms with Gasteiger partial charge in [-0.05, 0) is 54.1 Å². The fraction of sp³-hybridized carbons (Fsp3) is 0.0909. The van der Waals surface area contributed by atoms with E-state index < -0.39 is 0 Å². The van der Waals surface area contributed by atoms with Crippen molar-refractivity contribution in [3.8, 4) is 11.5 Å². The number of hydrazone groups is 1. The van der Waals surface area contributed by atoms with Crippen LogP contribution in [0.1, 0.15) is 21.5 Å². The first-order valence-corrected chi connectivity index (χ1v) is 9.45. The third-order valence-electron chi connectivity index (χ3n) is 4.02. The number of halogens is 2. The van der Waals surface area contributed by atoms with Crippen LogP contribution < -0.4 is 14.9 Å². The van der Waals surface area contributed by atoms with Crippen molar-refractivity contribution >= 4 is 35.3 Å². The average Bonchev–Trinajstić information content (AvgIpc) is 2.74. The molecule has 0 unspecified atom stereocenters. The molecule has 148 valence electrons. The molecule has 3 aromatic rings. The Balaban J connectivity index is 1.56. The van der Waals surface area contributed by atoms with Crippen molar-refractivity contribution in [3.63, 3.8) is 0 Å². The van der Waals surface area contributed by atoms with Crippen LogP contribution in [0.3, 0.4) is 0 Å². The summed E-state index contributed by atoms with van der Waals surface area (Å²) in [4.78, 5) is 12.2. The standard InChI is InChI=1S/C22H18Cl2N2O3/c1-28-18-5-2-4-15(12-18)14-29-17-10-8-16(9-11-17)22(27)26-25-13-19-20(23)6-3-7-21(19)24/h2-13H,14H2,1H3,(H,26,27)/b25-13+. The fourth-order valence-electron chi connectivity index (χ4n) is 2.49. The smallest absolute Gasteiger partial charge is 0.271 e. The lowest BCUT2D eigenvalue weighted by molar-refractivity contribution is 0.0955. The van der Waals surface area contributed by atoms with Crippen molar-refractivity contribution in [1.82, 2.24) is 5.43 Å². The minimum Gasteiger partial charge on any atom is -0.497 e. The van der Waals surface area contributed by atoms with Crippen LogP contribution in [0.4, 0.5) is 0 Å². The molecule has 0 aliphatic heterocycles. The van der Waals surface area contributed by atoms with Gasteiger partial charge in [-0.3, -0.25) is 4.79 Å². The first-order chi connectivity index (χ1) is 14.1. The highest BCUT2D eigenvalue weighted by Gasteiger charge is 2.06. The Morgan fingerprint density at radius 2 is 1.69 bits per heavy atom. The normalized spacial score (nSPS) is 10.7. The van der Waals surface area contributed by atoms with Crippen molar-refractivity contribution in [3.05, 3.63) is 93.5 Å². The summed E-state index contributed by atoms with van der Waals surface area (Å²) < 4.78 is 10.9. The number of amides is 1. The number of nitrogens with zero attached hydrogens (tertiary/aromatic N) is 1. The molecule has 29 heavy (non-hydrogen) atoms. The van der Waals surface area contributed by atoms with Gasteiger partial charge in [-0.1, -0.05) is 41.4 Å². The number of benzene rings is 3. The van der Waals surface area contributed by atoms with Crippen molar-refractivity contribution in [2.45, 2.75) is 6.61 Å². The van der Waals surface area contributed by atoms with Gasteiger partial charge in [0.25, 0.3) is 5.91 Å². The van der Waals surface area contributed by atoms with Crippen LogP contribution in [0.2, 0.25) is 10.0 Å². The molecule has 0 heterocycles. The maximum atomic E-state index is 12.2. The van der Waals surface area contributed by atoms with E-state index >= 15 is 0 Å². The summed E-state index contributed by atoms with van der Waals surface area (Å²) in [5.41, 5.74) is 4.42. The van der Waals surface area contributed by atoms with E-state index in [2.05, 4.69) is 10.5 Å². The van der Waals surface area contributed by atoms with E-state index in [-0.39, 0.29) is 5.91 Å². The summed E-state index contributed by atoms with van der Waals surface area (Å²) in [5, 5.41) is 4.82. The third-order valence-corrected chi connectivity index (χ3v) is 4.67. The van der Waals surface area contributed by atoms with Crippen LogP contribution in [0, 0.1) is 0 Å². The predicted molar refractivity (Wildman–Crippen MR) is 115 cm³/mol. The fourth-order valence-corrected chi connectivity index (χ4v) is 2.98. The molecule has 0 spiro atoms. The molecule has 0 bridgehead atoms. The molecular formula is C22H18Cl2N2O3. The molecule has 0 saturated carbocycles. The minimum atomic E-state index is -0.358. The zero-order valence-corrected chi connectivity index (χ0v) is 17.1. The van der Waals surface area contributed by atoms with Gasteiger partial charge in [0.1, 0.15) is 18.1 Å². The Hall–Kier alpha value is -3.02. The molecule has 3 rings (SSSR count). The van der Waals surface area contributed by atoms with Gasteiger partial charge in [-0.25, -0.2) is 5.43 Å². The highest BCUT2D eigenvalue weighted by molar-refractivity contribution is 6.38. The Morgan fingerprint density at radius 1 is 1.00 bits per heavy atom. The van der Waals surface area contributed by atoms with Gasteiger partial charge in [-0.2, -0.15) is 5.10 Å². The van der Waals surface area contributed by atoms with E-state index in [9.17, 15) is 4.79 Å². The summed E-state index contributed by atoms with van der Waals surface area (Å²) in [6, 6.07) is 19.5. The predicted octanol–water partition coefficient (Wildman–Crippen LogP) is 5.34. The van der Waals surface area contributed by atoms with E-state index in [1.807, 2.05) is 24.3 Å². The van der Waals surface area contributed by atoms with Gasteiger partial charge in [-0.15, -0.1) is 0 Å². The maximum Gasteiger partial charge on any atom is 0.271 e. The van der Waals surface area contributed by atoms with Crippen molar-refractivity contribution in [1.29, 1.82) is 0 Å². The van der Waals surface area contributed by atoms with Gasteiger partial charge in [0.05, 0.1) is 23.4 Å². The second-order valence-corrected chi connectivity index (χ2v) is 6.81. The monoisotopic (exact) mass is 428 g/mol. The summed E-state index contributed by atoms with van der Waals surface area (Å²) in [7, 11) is 1.62. The molecule has 0 radical (unpaired) electrons. The van der Waals surface area contributed by atoms with E-state index in [4.69, 9.17) is 32.7 Å². The number of ether oxygens (including phenoxy) is 2. The minimum absolute atomic E-state index is 0.358. The number of carbonyl (C=O) groups excluding carboxylic acids is 1. The maximum absolute atomic E-state index is 12.2. The molecule has 0 aliphatic rings. The Morgan fingerprint density at radius 3 is 2.38 bits per heavy atom. The second kappa shape index (κ2) is 9.96. The lowest BCUT2D eigenvalue weighted by atomic mass is 10.2. The van der Waals surface area contributed by atoms with Crippen molar-refractivity contribution < 1.29 is 14.3 Å². The Kier molecular flexibility index (Phi) is 7.11. The summed E-state index contributed by atoms with van der Waals surface area (Å²) in [6.45, 7) is 0.394. The number of carbonyl (C=O) groups is 1. The average molecular weight is 429 g/mol. The van der Waals surface area contributed by atoms with E-state index in [0.29, 0.717) is 33.5 Å². The second-order valence-electron chi connectivity index (χ2n) is 6.00. The lowest BCUT2D eigenvalue weighted by Gasteiger charge is -2.08. The number of hydrogen-bond acceptors (Lipinski definition) is 4. The SMILES string of the molecule is COc1cccc(COc2ccc(C(=O)N/N=C/c3c(Cl)cccc3Cl)cc2)c1. The van der Waals surface area contributed by atoms with Crippen LogP contribution in [0.15, 0.2) is 71.8 Å². The van der Waals surface area contributed by atoms with Crippen molar-refractivity contribution in [2.24, 2.45) is 5.10 Å². The molecule has 5 nitrogen and oxygen atoms in total. The first-order valence-electron chi connectivity index (χ1n) is 8.70. The molecule has 0 aromatic heterocycles. The van der Waals surface area contributed by atoms with Crippen LogP contribution in [0.5, 0.6) is 11.5 Å². The lowest BCUT2D eigenvalue weighted by Crippen LogP contribution is -2.17. The number of hydrogen-bond donors (Lipinski definition) is 1. The van der Waals surface area contributed by atoms with Gasteiger partial charge in [0.15, 0.2) is 0 Å². The van der Waals surface area contributed by atoms with Gasteiger partial charge >= 0.3 is 0 Å². The molecule has 1 N–H and O–H groups in total. The van der Waals surface area contributed by atoms with Crippen LogP contribution in [-0.2, 0) is 6.61 Å². The topological polar surface area (TPSA) is 59.9 Å². The highest BCUT2D eigenvalue weighted by Crippen LogP contribution is 2.22.